The summed E-state index contributed by atoms with van der Waals surface area (Å²) in [5.74, 6) is 0.988. The monoisotopic (exact) mass is 308 g/mol. The molecule has 1 aliphatic heterocycles. The number of hydrogen-bond acceptors (Lipinski definition) is 5. The van der Waals surface area contributed by atoms with Crippen molar-refractivity contribution in [3.63, 3.8) is 0 Å². The first kappa shape index (κ1) is 14.1. The van der Waals surface area contributed by atoms with Crippen molar-refractivity contribution < 1.29 is 0 Å². The van der Waals surface area contributed by atoms with Gasteiger partial charge >= 0.3 is 0 Å². The van der Waals surface area contributed by atoms with E-state index in [1.807, 2.05) is 35.1 Å². The van der Waals surface area contributed by atoms with E-state index < -0.39 is 0 Å². The maximum Gasteiger partial charge on any atom is 0.154 e. The summed E-state index contributed by atoms with van der Waals surface area (Å²) in [7, 11) is 0. The second-order valence-corrected chi connectivity index (χ2v) is 6.59. The highest BCUT2D eigenvalue weighted by Gasteiger charge is 2.26. The predicted octanol–water partition coefficient (Wildman–Crippen LogP) is 1.98. The topological polar surface area (TPSA) is 58.4 Å². The number of pyridine rings is 1. The molecule has 0 unspecified atom stereocenters. The minimum atomic E-state index is 0.102. The van der Waals surface area contributed by atoms with E-state index in [2.05, 4.69) is 40.1 Å². The van der Waals surface area contributed by atoms with Crippen molar-refractivity contribution in [2.45, 2.75) is 19.4 Å². The number of hydrogen-bond donors (Lipinski definition) is 1. The smallest absolute Gasteiger partial charge is 0.154 e. The molecule has 0 spiro atoms. The van der Waals surface area contributed by atoms with E-state index in [1.54, 1.807) is 6.20 Å². The molecule has 0 amide bonds. The van der Waals surface area contributed by atoms with Crippen LogP contribution in [0.3, 0.4) is 0 Å². The third-order valence-electron chi connectivity index (χ3n) is 4.16. The van der Waals surface area contributed by atoms with Crippen LogP contribution in [0.1, 0.15) is 13.8 Å². The van der Waals surface area contributed by atoms with Crippen LogP contribution in [0.25, 0.3) is 16.9 Å². The fourth-order valence-corrected chi connectivity index (χ4v) is 3.03. The lowest BCUT2D eigenvalue weighted by Gasteiger charge is -2.39. The molecule has 4 rings (SSSR count). The first-order valence-corrected chi connectivity index (χ1v) is 7.88. The molecule has 0 saturated carbocycles. The maximum absolute atomic E-state index is 4.74. The Hall–Kier alpha value is -2.47. The van der Waals surface area contributed by atoms with Crippen LogP contribution in [0.5, 0.6) is 0 Å². The molecule has 0 radical (unpaired) electrons. The van der Waals surface area contributed by atoms with E-state index in [0.29, 0.717) is 0 Å². The predicted molar refractivity (Wildman–Crippen MR) is 90.5 cm³/mol. The van der Waals surface area contributed by atoms with Crippen LogP contribution in [-0.2, 0) is 0 Å². The van der Waals surface area contributed by atoms with Gasteiger partial charge in [-0.25, -0.2) is 9.50 Å². The molecule has 1 saturated heterocycles. The van der Waals surface area contributed by atoms with E-state index in [-0.39, 0.29) is 5.54 Å². The normalized spacial score (nSPS) is 17.6. The number of rotatable bonds is 2. The minimum Gasteiger partial charge on any atom is -0.352 e. The molecule has 4 heterocycles. The van der Waals surface area contributed by atoms with Crippen molar-refractivity contribution in [3.8, 4) is 11.3 Å². The Morgan fingerprint density at radius 3 is 2.91 bits per heavy atom. The lowest BCUT2D eigenvalue weighted by Crippen LogP contribution is -2.57. The zero-order valence-electron chi connectivity index (χ0n) is 13.4. The number of anilines is 1. The second kappa shape index (κ2) is 5.31. The van der Waals surface area contributed by atoms with Crippen LogP contribution in [0, 0.1) is 0 Å². The number of piperazine rings is 1. The molecule has 23 heavy (non-hydrogen) atoms. The highest BCUT2D eigenvalue weighted by atomic mass is 15.3. The van der Waals surface area contributed by atoms with Gasteiger partial charge in [-0.2, -0.15) is 0 Å². The number of nitrogens with zero attached hydrogens (tertiary/aromatic N) is 5. The van der Waals surface area contributed by atoms with E-state index in [9.17, 15) is 0 Å². The average molecular weight is 308 g/mol. The Morgan fingerprint density at radius 1 is 1.22 bits per heavy atom. The summed E-state index contributed by atoms with van der Waals surface area (Å²) in [5, 5.41) is 8.27. The first-order chi connectivity index (χ1) is 11.1. The number of fused-ring (bicyclic) bond motifs is 1. The molecule has 0 aromatic carbocycles. The lowest BCUT2D eigenvalue weighted by atomic mass is 10.0. The van der Waals surface area contributed by atoms with E-state index in [1.165, 1.54) is 0 Å². The van der Waals surface area contributed by atoms with Gasteiger partial charge in [0.2, 0.25) is 0 Å². The van der Waals surface area contributed by atoms with Crippen LogP contribution in [0.4, 0.5) is 5.82 Å². The van der Waals surface area contributed by atoms with Gasteiger partial charge in [-0.3, -0.25) is 4.98 Å². The average Bonchev–Trinajstić information content (AvgIpc) is 2.98. The molecule has 1 fully saturated rings. The summed E-state index contributed by atoms with van der Waals surface area (Å²) >= 11 is 0. The van der Waals surface area contributed by atoms with E-state index >= 15 is 0 Å². The van der Waals surface area contributed by atoms with E-state index in [4.69, 9.17) is 5.10 Å². The zero-order valence-corrected chi connectivity index (χ0v) is 13.4. The number of aromatic nitrogens is 4. The van der Waals surface area contributed by atoms with Crippen molar-refractivity contribution in [3.05, 3.63) is 42.9 Å². The fraction of sp³-hybridized carbons (Fsp3) is 0.353. The Kier molecular flexibility index (Phi) is 3.27. The van der Waals surface area contributed by atoms with Gasteiger partial charge in [0, 0.05) is 43.1 Å². The Morgan fingerprint density at radius 2 is 2.13 bits per heavy atom. The molecule has 1 aliphatic rings. The summed E-state index contributed by atoms with van der Waals surface area (Å²) in [5.41, 5.74) is 2.85. The molecule has 0 aliphatic carbocycles. The zero-order chi connectivity index (χ0) is 15.9. The molecule has 3 aromatic heterocycles. The van der Waals surface area contributed by atoms with E-state index in [0.717, 1.165) is 42.4 Å². The second-order valence-electron chi connectivity index (χ2n) is 6.59. The van der Waals surface area contributed by atoms with Crippen LogP contribution in [-0.4, -0.2) is 44.8 Å². The SMILES string of the molecule is CC1(C)CN(c2ccc3nc(-c4cccnc4)cn3n2)CCN1. The van der Waals surface area contributed by atoms with Gasteiger partial charge in [0.15, 0.2) is 5.65 Å². The highest BCUT2D eigenvalue weighted by molar-refractivity contribution is 5.61. The summed E-state index contributed by atoms with van der Waals surface area (Å²) in [6, 6.07) is 8.00. The number of nitrogens with one attached hydrogen (secondary N) is 1. The summed E-state index contributed by atoms with van der Waals surface area (Å²) in [4.78, 5) is 11.1. The van der Waals surface area contributed by atoms with Gasteiger partial charge in [0.25, 0.3) is 0 Å². The number of imidazole rings is 1. The third-order valence-corrected chi connectivity index (χ3v) is 4.16. The van der Waals surface area contributed by atoms with Crippen molar-refractivity contribution in [2.24, 2.45) is 0 Å². The van der Waals surface area contributed by atoms with Gasteiger partial charge in [0.1, 0.15) is 5.82 Å². The molecule has 6 heteroatoms. The van der Waals surface area contributed by atoms with Crippen molar-refractivity contribution >= 4 is 11.5 Å². The molecule has 1 N–H and O–H groups in total. The van der Waals surface area contributed by atoms with Crippen molar-refractivity contribution in [1.82, 2.24) is 24.9 Å². The largest absolute Gasteiger partial charge is 0.352 e. The lowest BCUT2D eigenvalue weighted by molar-refractivity contribution is 0.351. The Bertz CT molecular complexity index is 823. The molecule has 6 nitrogen and oxygen atoms in total. The standard InChI is InChI=1S/C17H20N6/c1-17(2)12-22(9-8-19-17)16-6-5-15-20-14(11-23(15)21-16)13-4-3-7-18-10-13/h3-7,10-11,19H,8-9,12H2,1-2H3. The van der Waals surface area contributed by atoms with Gasteiger partial charge in [-0.05, 0) is 38.1 Å². The summed E-state index contributed by atoms with van der Waals surface area (Å²) in [6.45, 7) is 7.31. The molecular formula is C17H20N6. The molecule has 0 atom stereocenters. The van der Waals surface area contributed by atoms with Gasteiger partial charge in [-0.15, -0.1) is 5.10 Å². The molecule has 0 bridgehead atoms. The van der Waals surface area contributed by atoms with Gasteiger partial charge < -0.3 is 10.2 Å². The van der Waals surface area contributed by atoms with Crippen LogP contribution in [0.2, 0.25) is 0 Å². The van der Waals surface area contributed by atoms with Gasteiger partial charge in [-0.1, -0.05) is 0 Å². The van der Waals surface area contributed by atoms with Crippen molar-refractivity contribution in [1.29, 1.82) is 0 Å². The molecule has 3 aromatic rings. The van der Waals surface area contributed by atoms with Crippen molar-refractivity contribution in [2.75, 3.05) is 24.5 Å². The fourth-order valence-electron chi connectivity index (χ4n) is 3.03. The van der Waals surface area contributed by atoms with Crippen LogP contribution >= 0.6 is 0 Å². The summed E-state index contributed by atoms with van der Waals surface area (Å²) in [6.07, 6.45) is 5.55. The maximum atomic E-state index is 4.74. The van der Waals surface area contributed by atoms with Crippen LogP contribution in [0.15, 0.2) is 42.9 Å². The molecular weight excluding hydrogens is 288 g/mol. The minimum absolute atomic E-state index is 0.102. The Balaban J connectivity index is 1.68. The molecule has 118 valence electrons. The van der Waals surface area contributed by atoms with Gasteiger partial charge in [0.05, 0.1) is 11.9 Å². The third kappa shape index (κ3) is 2.77. The Labute approximate surface area is 135 Å². The van der Waals surface area contributed by atoms with Crippen LogP contribution < -0.4 is 10.2 Å². The summed E-state index contributed by atoms with van der Waals surface area (Å²) < 4.78 is 1.85. The quantitative estimate of drug-likeness (QED) is 0.784. The highest BCUT2D eigenvalue weighted by Crippen LogP contribution is 2.21. The first-order valence-electron chi connectivity index (χ1n) is 7.88.